The van der Waals surface area contributed by atoms with Crippen molar-refractivity contribution in [3.8, 4) is 22.8 Å². The summed E-state index contributed by atoms with van der Waals surface area (Å²) in [6, 6.07) is 12.8. The average Bonchev–Trinajstić information content (AvgIpc) is 3.15. The summed E-state index contributed by atoms with van der Waals surface area (Å²) in [4.78, 5) is 13.1. The number of hydrogen-bond acceptors (Lipinski definition) is 4. The molecule has 3 aromatic rings. The maximum atomic E-state index is 13.1. The Balaban J connectivity index is 2.09. The number of carbonyl (C=O) groups is 1. The predicted molar refractivity (Wildman–Crippen MR) is 96.6 cm³/mol. The Bertz CT molecular complexity index is 885. The molecule has 1 aromatic heterocycles. The van der Waals surface area contributed by atoms with Gasteiger partial charge in [-0.05, 0) is 67.4 Å². The summed E-state index contributed by atoms with van der Waals surface area (Å²) >= 11 is 0. The number of rotatable bonds is 5. The van der Waals surface area contributed by atoms with E-state index in [1.165, 1.54) is 0 Å². The molecule has 0 bridgehead atoms. The topological polar surface area (TPSA) is 48.7 Å². The van der Waals surface area contributed by atoms with E-state index in [1.807, 2.05) is 44.2 Å². The maximum absolute atomic E-state index is 13.1. The highest BCUT2D eigenvalue weighted by atomic mass is 16.5. The van der Waals surface area contributed by atoms with Crippen LogP contribution in [0.2, 0.25) is 0 Å². The third kappa shape index (κ3) is 3.15. The van der Waals surface area contributed by atoms with E-state index in [4.69, 9.17) is 13.9 Å². The second-order valence-corrected chi connectivity index (χ2v) is 5.86. The first kappa shape index (κ1) is 16.8. The molecular weight excluding hydrogens is 316 g/mol. The van der Waals surface area contributed by atoms with Crippen molar-refractivity contribution in [1.29, 1.82) is 0 Å². The molecule has 128 valence electrons. The van der Waals surface area contributed by atoms with Crippen molar-refractivity contribution in [2.24, 2.45) is 0 Å². The molecule has 0 saturated heterocycles. The second kappa shape index (κ2) is 6.85. The summed E-state index contributed by atoms with van der Waals surface area (Å²) in [6.07, 6.45) is 1.61. The van der Waals surface area contributed by atoms with E-state index in [-0.39, 0.29) is 5.78 Å². The summed E-state index contributed by atoms with van der Waals surface area (Å²) in [7, 11) is 3.19. The minimum atomic E-state index is -0.0980. The Labute approximate surface area is 147 Å². The number of ether oxygens (including phenoxy) is 2. The summed E-state index contributed by atoms with van der Waals surface area (Å²) in [5.41, 5.74) is 3.78. The first-order chi connectivity index (χ1) is 12.0. The largest absolute Gasteiger partial charge is 0.496 e. The van der Waals surface area contributed by atoms with Gasteiger partial charge in [0, 0.05) is 11.1 Å². The van der Waals surface area contributed by atoms with Gasteiger partial charge >= 0.3 is 0 Å². The summed E-state index contributed by atoms with van der Waals surface area (Å²) in [5.74, 6) is 1.94. The van der Waals surface area contributed by atoms with Crippen molar-refractivity contribution in [2.75, 3.05) is 14.2 Å². The molecule has 0 N–H and O–H groups in total. The molecule has 0 unspecified atom stereocenters. The van der Waals surface area contributed by atoms with E-state index in [1.54, 1.807) is 32.6 Å². The fourth-order valence-electron chi connectivity index (χ4n) is 3.04. The number of furan rings is 1. The summed E-state index contributed by atoms with van der Waals surface area (Å²) in [5, 5.41) is 0. The van der Waals surface area contributed by atoms with Crippen LogP contribution in [0.4, 0.5) is 0 Å². The minimum absolute atomic E-state index is 0.0980. The smallest absolute Gasteiger partial charge is 0.196 e. The van der Waals surface area contributed by atoms with Gasteiger partial charge in [-0.1, -0.05) is 0 Å². The molecule has 0 aliphatic heterocycles. The number of methoxy groups -OCH3 is 2. The number of ketones is 1. The van der Waals surface area contributed by atoms with Crippen LogP contribution in [0.5, 0.6) is 11.5 Å². The number of benzene rings is 2. The van der Waals surface area contributed by atoms with E-state index in [0.717, 1.165) is 22.4 Å². The Kier molecular flexibility index (Phi) is 4.61. The Morgan fingerprint density at radius 2 is 1.68 bits per heavy atom. The van der Waals surface area contributed by atoms with Gasteiger partial charge in [0.25, 0.3) is 0 Å². The molecule has 0 aliphatic rings. The van der Waals surface area contributed by atoms with Crippen LogP contribution in [0, 0.1) is 13.8 Å². The van der Waals surface area contributed by atoms with Crippen molar-refractivity contribution in [3.63, 3.8) is 0 Å². The zero-order valence-corrected chi connectivity index (χ0v) is 14.8. The van der Waals surface area contributed by atoms with E-state index >= 15 is 0 Å². The lowest BCUT2D eigenvalue weighted by Gasteiger charge is -2.13. The highest BCUT2D eigenvalue weighted by Gasteiger charge is 2.18. The van der Waals surface area contributed by atoms with Gasteiger partial charge in [-0.3, -0.25) is 4.79 Å². The van der Waals surface area contributed by atoms with Gasteiger partial charge in [-0.2, -0.15) is 0 Å². The maximum Gasteiger partial charge on any atom is 0.196 e. The zero-order chi connectivity index (χ0) is 18.0. The summed E-state index contributed by atoms with van der Waals surface area (Å²) in [6.45, 7) is 3.86. The first-order valence-electron chi connectivity index (χ1n) is 7.97. The van der Waals surface area contributed by atoms with Gasteiger partial charge in [0.2, 0.25) is 0 Å². The van der Waals surface area contributed by atoms with Crippen LogP contribution < -0.4 is 9.47 Å². The molecule has 0 radical (unpaired) electrons. The monoisotopic (exact) mass is 336 g/mol. The van der Waals surface area contributed by atoms with Gasteiger partial charge < -0.3 is 13.9 Å². The Morgan fingerprint density at radius 3 is 2.24 bits per heavy atom. The van der Waals surface area contributed by atoms with Crippen LogP contribution in [0.1, 0.15) is 27.0 Å². The molecule has 2 aromatic carbocycles. The van der Waals surface area contributed by atoms with Crippen LogP contribution in [0.25, 0.3) is 11.3 Å². The second-order valence-electron chi connectivity index (χ2n) is 5.86. The van der Waals surface area contributed by atoms with E-state index in [0.29, 0.717) is 22.6 Å². The number of carbonyl (C=O) groups excluding carboxylic acids is 1. The lowest BCUT2D eigenvalue weighted by atomic mass is 9.96. The zero-order valence-electron chi connectivity index (χ0n) is 14.8. The number of aryl methyl sites for hydroxylation is 2. The molecule has 1 heterocycles. The Hall–Kier alpha value is -3.01. The van der Waals surface area contributed by atoms with E-state index < -0.39 is 0 Å². The molecule has 0 aliphatic carbocycles. The van der Waals surface area contributed by atoms with Crippen LogP contribution in [-0.2, 0) is 0 Å². The quantitative estimate of drug-likeness (QED) is 0.627. The Morgan fingerprint density at radius 1 is 0.960 bits per heavy atom. The molecule has 4 heteroatoms. The van der Waals surface area contributed by atoms with Crippen molar-refractivity contribution < 1.29 is 18.7 Å². The lowest BCUT2D eigenvalue weighted by molar-refractivity contribution is 0.103. The van der Waals surface area contributed by atoms with Gasteiger partial charge in [0.1, 0.15) is 17.3 Å². The van der Waals surface area contributed by atoms with Crippen LogP contribution >= 0.6 is 0 Å². The molecule has 25 heavy (non-hydrogen) atoms. The molecule has 0 fully saturated rings. The standard InChI is InChI=1S/C21H20O4/c1-13-10-16(11-14(2)21(13)24-4)20(22)17-12-15(7-8-19(17)23-3)18-6-5-9-25-18/h5-12H,1-4H3. The van der Waals surface area contributed by atoms with Gasteiger partial charge in [-0.25, -0.2) is 0 Å². The molecule has 0 atom stereocenters. The molecule has 0 spiro atoms. The minimum Gasteiger partial charge on any atom is -0.496 e. The molecule has 3 rings (SSSR count). The van der Waals surface area contributed by atoms with Crippen molar-refractivity contribution in [1.82, 2.24) is 0 Å². The van der Waals surface area contributed by atoms with Crippen molar-refractivity contribution in [3.05, 3.63) is 71.0 Å². The molecule has 4 nitrogen and oxygen atoms in total. The highest BCUT2D eigenvalue weighted by Crippen LogP contribution is 2.31. The molecular formula is C21H20O4. The van der Waals surface area contributed by atoms with E-state index in [9.17, 15) is 4.79 Å². The van der Waals surface area contributed by atoms with Crippen LogP contribution in [0.15, 0.2) is 53.1 Å². The highest BCUT2D eigenvalue weighted by molar-refractivity contribution is 6.11. The average molecular weight is 336 g/mol. The van der Waals surface area contributed by atoms with Crippen LogP contribution in [0.3, 0.4) is 0 Å². The first-order valence-corrected chi connectivity index (χ1v) is 7.97. The SMILES string of the molecule is COc1ccc(-c2ccco2)cc1C(=O)c1cc(C)c(OC)c(C)c1. The van der Waals surface area contributed by atoms with Gasteiger partial charge in [0.15, 0.2) is 5.78 Å². The van der Waals surface area contributed by atoms with Crippen molar-refractivity contribution >= 4 is 5.78 Å². The third-order valence-electron chi connectivity index (χ3n) is 4.18. The number of hydrogen-bond donors (Lipinski definition) is 0. The normalized spacial score (nSPS) is 10.6. The fraction of sp³-hybridized carbons (Fsp3) is 0.190. The molecule has 0 saturated carbocycles. The lowest BCUT2D eigenvalue weighted by Crippen LogP contribution is -2.06. The molecule has 0 amide bonds. The van der Waals surface area contributed by atoms with E-state index in [2.05, 4.69) is 0 Å². The van der Waals surface area contributed by atoms with Gasteiger partial charge in [0.05, 0.1) is 26.0 Å². The fourth-order valence-corrected chi connectivity index (χ4v) is 3.04. The summed E-state index contributed by atoms with van der Waals surface area (Å²) < 4.78 is 16.2. The van der Waals surface area contributed by atoms with Gasteiger partial charge in [-0.15, -0.1) is 0 Å². The third-order valence-corrected chi connectivity index (χ3v) is 4.18. The van der Waals surface area contributed by atoms with Crippen molar-refractivity contribution in [2.45, 2.75) is 13.8 Å². The predicted octanol–water partition coefficient (Wildman–Crippen LogP) is 4.81. The van der Waals surface area contributed by atoms with Crippen LogP contribution in [-0.4, -0.2) is 20.0 Å².